The highest BCUT2D eigenvalue weighted by molar-refractivity contribution is 5.27. The molecular weight excluding hydrogens is 210 g/mol. The van der Waals surface area contributed by atoms with Crippen LogP contribution >= 0.6 is 0 Å². The zero-order valence-electron chi connectivity index (χ0n) is 10.9. The fourth-order valence-corrected chi connectivity index (χ4v) is 2.16. The van der Waals surface area contributed by atoms with Crippen molar-refractivity contribution >= 4 is 0 Å². The summed E-state index contributed by atoms with van der Waals surface area (Å²) >= 11 is 0. The maximum Gasteiger partial charge on any atom is 0.118 e. The molecule has 94 valence electrons. The molecule has 17 heavy (non-hydrogen) atoms. The normalized spacial score (nSPS) is 16.8. The lowest BCUT2D eigenvalue weighted by Gasteiger charge is -2.16. The molecule has 1 N–H and O–H groups in total. The minimum absolute atomic E-state index is 0.685. The Labute approximate surface area is 104 Å². The lowest BCUT2D eigenvalue weighted by Crippen LogP contribution is -2.28. The minimum Gasteiger partial charge on any atom is -0.497 e. The van der Waals surface area contributed by atoms with Gasteiger partial charge in [-0.1, -0.05) is 31.9 Å². The van der Waals surface area contributed by atoms with E-state index in [0.717, 1.165) is 18.2 Å². The Morgan fingerprint density at radius 2 is 2.00 bits per heavy atom. The largest absolute Gasteiger partial charge is 0.497 e. The summed E-state index contributed by atoms with van der Waals surface area (Å²) in [6.07, 6.45) is 5.47. The van der Waals surface area contributed by atoms with Crippen molar-refractivity contribution in [2.24, 2.45) is 5.92 Å². The molecule has 1 aromatic carbocycles. The number of rotatable bonds is 7. The number of methoxy groups -OCH3 is 1. The molecule has 2 nitrogen and oxygen atoms in total. The predicted octanol–water partition coefficient (Wildman–Crippen LogP) is 3.36. The zero-order valence-corrected chi connectivity index (χ0v) is 10.9. The van der Waals surface area contributed by atoms with E-state index in [9.17, 15) is 0 Å². The molecule has 1 saturated carbocycles. The van der Waals surface area contributed by atoms with E-state index in [2.05, 4.69) is 24.4 Å². The van der Waals surface area contributed by atoms with E-state index >= 15 is 0 Å². The first kappa shape index (κ1) is 12.4. The first-order valence-electron chi connectivity index (χ1n) is 6.68. The van der Waals surface area contributed by atoms with Crippen molar-refractivity contribution in [2.75, 3.05) is 7.11 Å². The standard InChI is InChI=1S/C15H23NO/c1-3-14(10-12-4-5-12)16-11-13-6-8-15(17-2)9-7-13/h6-9,12,14,16H,3-5,10-11H2,1-2H3. The minimum atomic E-state index is 0.685. The van der Waals surface area contributed by atoms with Gasteiger partial charge in [0.2, 0.25) is 0 Å². The molecule has 1 unspecified atom stereocenters. The van der Waals surface area contributed by atoms with Crippen molar-refractivity contribution in [1.29, 1.82) is 0 Å². The van der Waals surface area contributed by atoms with Crippen molar-refractivity contribution in [1.82, 2.24) is 5.32 Å². The van der Waals surface area contributed by atoms with Crippen LogP contribution in [0, 0.1) is 5.92 Å². The maximum absolute atomic E-state index is 5.16. The van der Waals surface area contributed by atoms with Gasteiger partial charge in [0, 0.05) is 12.6 Å². The predicted molar refractivity (Wildman–Crippen MR) is 71.3 cm³/mol. The Morgan fingerprint density at radius 1 is 1.29 bits per heavy atom. The van der Waals surface area contributed by atoms with Crippen LogP contribution in [0.25, 0.3) is 0 Å². The molecule has 0 spiro atoms. The lowest BCUT2D eigenvalue weighted by molar-refractivity contribution is 0.414. The number of benzene rings is 1. The van der Waals surface area contributed by atoms with E-state index in [4.69, 9.17) is 4.74 Å². The van der Waals surface area contributed by atoms with E-state index in [1.54, 1.807) is 7.11 Å². The highest BCUT2D eigenvalue weighted by atomic mass is 16.5. The molecule has 1 aliphatic carbocycles. The number of hydrogen-bond donors (Lipinski definition) is 1. The van der Waals surface area contributed by atoms with E-state index < -0.39 is 0 Å². The number of nitrogens with one attached hydrogen (secondary N) is 1. The Kier molecular flexibility index (Phi) is 4.43. The first-order chi connectivity index (χ1) is 8.31. The van der Waals surface area contributed by atoms with Gasteiger partial charge in [0.1, 0.15) is 5.75 Å². The van der Waals surface area contributed by atoms with Gasteiger partial charge in [-0.05, 0) is 36.5 Å². The van der Waals surface area contributed by atoms with Crippen molar-refractivity contribution in [3.05, 3.63) is 29.8 Å². The zero-order chi connectivity index (χ0) is 12.1. The second kappa shape index (κ2) is 6.06. The highest BCUT2D eigenvalue weighted by Gasteiger charge is 2.24. The van der Waals surface area contributed by atoms with Crippen LogP contribution in [0.15, 0.2) is 24.3 Å². The van der Waals surface area contributed by atoms with Crippen molar-refractivity contribution in [3.63, 3.8) is 0 Å². The summed E-state index contributed by atoms with van der Waals surface area (Å²) in [5.41, 5.74) is 1.33. The van der Waals surface area contributed by atoms with Crippen molar-refractivity contribution < 1.29 is 4.74 Å². The van der Waals surface area contributed by atoms with E-state index in [1.165, 1.54) is 31.2 Å². The highest BCUT2D eigenvalue weighted by Crippen LogP contribution is 2.34. The van der Waals surface area contributed by atoms with Crippen LogP contribution < -0.4 is 10.1 Å². The topological polar surface area (TPSA) is 21.3 Å². The number of ether oxygens (including phenoxy) is 1. The van der Waals surface area contributed by atoms with E-state index in [-0.39, 0.29) is 0 Å². The van der Waals surface area contributed by atoms with Gasteiger partial charge >= 0.3 is 0 Å². The third kappa shape index (κ3) is 4.04. The van der Waals surface area contributed by atoms with Crippen LogP contribution in [0.1, 0.15) is 38.2 Å². The monoisotopic (exact) mass is 233 g/mol. The second-order valence-corrected chi connectivity index (χ2v) is 5.01. The Balaban J connectivity index is 1.78. The quantitative estimate of drug-likeness (QED) is 0.779. The van der Waals surface area contributed by atoms with Gasteiger partial charge in [-0.3, -0.25) is 0 Å². The van der Waals surface area contributed by atoms with Crippen LogP contribution in [0.3, 0.4) is 0 Å². The molecule has 2 rings (SSSR count). The summed E-state index contributed by atoms with van der Waals surface area (Å²) in [4.78, 5) is 0. The molecule has 0 amide bonds. The molecule has 1 fully saturated rings. The van der Waals surface area contributed by atoms with Gasteiger partial charge in [-0.25, -0.2) is 0 Å². The first-order valence-corrected chi connectivity index (χ1v) is 6.68. The number of hydrogen-bond acceptors (Lipinski definition) is 2. The summed E-state index contributed by atoms with van der Waals surface area (Å²) < 4.78 is 5.16. The van der Waals surface area contributed by atoms with Gasteiger partial charge in [0.15, 0.2) is 0 Å². The molecule has 0 aromatic heterocycles. The molecule has 1 atom stereocenters. The average molecular weight is 233 g/mol. The van der Waals surface area contributed by atoms with Crippen LogP contribution in [0.4, 0.5) is 0 Å². The van der Waals surface area contributed by atoms with E-state index in [0.29, 0.717) is 6.04 Å². The van der Waals surface area contributed by atoms with Crippen molar-refractivity contribution in [2.45, 2.75) is 45.2 Å². The second-order valence-electron chi connectivity index (χ2n) is 5.01. The SMILES string of the molecule is CCC(CC1CC1)NCc1ccc(OC)cc1. The van der Waals surface area contributed by atoms with Crippen LogP contribution in [0.2, 0.25) is 0 Å². The van der Waals surface area contributed by atoms with E-state index in [1.807, 2.05) is 12.1 Å². The smallest absolute Gasteiger partial charge is 0.118 e. The molecule has 1 aromatic rings. The maximum atomic E-state index is 5.16. The van der Waals surface area contributed by atoms with Gasteiger partial charge in [0.05, 0.1) is 7.11 Å². The van der Waals surface area contributed by atoms with Crippen LogP contribution in [0.5, 0.6) is 5.75 Å². The molecule has 0 saturated heterocycles. The summed E-state index contributed by atoms with van der Waals surface area (Å²) in [6.45, 7) is 3.24. The summed E-state index contributed by atoms with van der Waals surface area (Å²) in [6, 6.07) is 9.01. The average Bonchev–Trinajstić information content (AvgIpc) is 3.19. The molecule has 0 heterocycles. The lowest BCUT2D eigenvalue weighted by atomic mass is 10.1. The summed E-state index contributed by atoms with van der Waals surface area (Å²) in [5.74, 6) is 1.93. The third-order valence-electron chi connectivity index (χ3n) is 3.56. The van der Waals surface area contributed by atoms with Gasteiger partial charge in [-0.15, -0.1) is 0 Å². The van der Waals surface area contributed by atoms with Crippen LogP contribution in [-0.2, 0) is 6.54 Å². The Hall–Kier alpha value is -1.02. The van der Waals surface area contributed by atoms with Crippen LogP contribution in [-0.4, -0.2) is 13.2 Å². The summed E-state index contributed by atoms with van der Waals surface area (Å²) in [7, 11) is 1.70. The molecule has 0 bridgehead atoms. The van der Waals surface area contributed by atoms with Gasteiger partial charge in [-0.2, -0.15) is 0 Å². The van der Waals surface area contributed by atoms with Gasteiger partial charge < -0.3 is 10.1 Å². The Bertz CT molecular complexity index is 329. The Morgan fingerprint density at radius 3 is 2.53 bits per heavy atom. The van der Waals surface area contributed by atoms with Gasteiger partial charge in [0.25, 0.3) is 0 Å². The fraction of sp³-hybridized carbons (Fsp3) is 0.600. The van der Waals surface area contributed by atoms with Crippen molar-refractivity contribution in [3.8, 4) is 5.75 Å². The molecule has 1 aliphatic rings. The molecular formula is C15H23NO. The molecule has 0 aliphatic heterocycles. The molecule has 0 radical (unpaired) electrons. The summed E-state index contributed by atoms with van der Waals surface area (Å²) in [5, 5.41) is 3.65. The fourth-order valence-electron chi connectivity index (χ4n) is 2.16. The molecule has 2 heteroatoms. The third-order valence-corrected chi connectivity index (χ3v) is 3.56.